The van der Waals surface area contributed by atoms with Gasteiger partial charge in [0.15, 0.2) is 5.78 Å². The number of Topliss-reactive ketones (excluding diaryl/α,β-unsaturated/α-hetero) is 1. The smallest absolute Gasteiger partial charge is 0.303 e. The summed E-state index contributed by atoms with van der Waals surface area (Å²) in [6.45, 7) is 6.00. The molecule has 1 aromatic rings. The van der Waals surface area contributed by atoms with Crippen molar-refractivity contribution in [1.82, 2.24) is 0 Å². The molecule has 0 bridgehead atoms. The second-order valence-corrected chi connectivity index (χ2v) is 6.36. The third-order valence-corrected chi connectivity index (χ3v) is 4.68. The van der Waals surface area contributed by atoms with Gasteiger partial charge in [-0.3, -0.25) is 9.59 Å². The summed E-state index contributed by atoms with van der Waals surface area (Å²) in [6.07, 6.45) is 4.58. The molecule has 0 saturated heterocycles. The van der Waals surface area contributed by atoms with Crippen molar-refractivity contribution >= 4 is 17.3 Å². The summed E-state index contributed by atoms with van der Waals surface area (Å²) in [5, 5.41) is 8.74. The fourth-order valence-electron chi connectivity index (χ4n) is 3.18. The van der Waals surface area contributed by atoms with Crippen molar-refractivity contribution < 1.29 is 14.7 Å². The molecule has 0 amide bonds. The normalized spacial score (nSPS) is 21.3. The molecule has 0 unspecified atom stereocenters. The predicted octanol–water partition coefficient (Wildman–Crippen LogP) is 4.25. The summed E-state index contributed by atoms with van der Waals surface area (Å²) in [5.74, 6) is -0.0749. The number of hydrogen-bond donors (Lipinski definition) is 1. The maximum Gasteiger partial charge on any atom is 0.303 e. The average molecular weight is 300 g/mol. The first kappa shape index (κ1) is 16.5. The van der Waals surface area contributed by atoms with Crippen molar-refractivity contribution in [3.8, 4) is 0 Å². The molecule has 1 aromatic carbocycles. The molecule has 0 aromatic heterocycles. The van der Waals surface area contributed by atoms with Gasteiger partial charge in [0.05, 0.1) is 0 Å². The van der Waals surface area contributed by atoms with Gasteiger partial charge in [0, 0.05) is 17.9 Å². The molecule has 2 rings (SSSR count). The van der Waals surface area contributed by atoms with Gasteiger partial charge in [-0.1, -0.05) is 36.4 Å². The standard InChI is InChI=1S/C19H24O3/c1-13-3-8-16(9-4-13)14(2)19(22)17-10-5-15(6-11-17)7-12-18(20)21/h3-4,8-9,15,17H,2,5-7,10-12H2,1H3,(H,20,21). The van der Waals surface area contributed by atoms with E-state index < -0.39 is 5.97 Å². The van der Waals surface area contributed by atoms with Gasteiger partial charge < -0.3 is 5.11 Å². The molecule has 0 radical (unpaired) electrons. The monoisotopic (exact) mass is 300 g/mol. The molecule has 1 saturated carbocycles. The number of ketones is 1. The number of aryl methyl sites for hydroxylation is 1. The van der Waals surface area contributed by atoms with Gasteiger partial charge in [0.1, 0.15) is 0 Å². The summed E-state index contributed by atoms with van der Waals surface area (Å²) >= 11 is 0. The highest BCUT2D eigenvalue weighted by Gasteiger charge is 2.28. The lowest BCUT2D eigenvalue weighted by Gasteiger charge is -2.27. The van der Waals surface area contributed by atoms with Crippen LogP contribution in [-0.2, 0) is 9.59 Å². The van der Waals surface area contributed by atoms with Crippen LogP contribution in [-0.4, -0.2) is 16.9 Å². The van der Waals surface area contributed by atoms with Gasteiger partial charge in [0.2, 0.25) is 0 Å². The molecule has 3 nitrogen and oxygen atoms in total. The number of rotatable bonds is 6. The first-order chi connectivity index (χ1) is 10.5. The van der Waals surface area contributed by atoms with Crippen LogP contribution in [0.2, 0.25) is 0 Å². The van der Waals surface area contributed by atoms with Crippen LogP contribution in [0.4, 0.5) is 0 Å². The highest BCUT2D eigenvalue weighted by Crippen LogP contribution is 2.34. The quantitative estimate of drug-likeness (QED) is 0.799. The molecule has 118 valence electrons. The van der Waals surface area contributed by atoms with E-state index in [1.807, 2.05) is 31.2 Å². The molecule has 0 aliphatic heterocycles. The van der Waals surface area contributed by atoms with E-state index in [1.165, 1.54) is 5.56 Å². The average Bonchev–Trinajstić information content (AvgIpc) is 2.53. The third-order valence-electron chi connectivity index (χ3n) is 4.68. The molecule has 1 aliphatic carbocycles. The van der Waals surface area contributed by atoms with Crippen LogP contribution in [0.1, 0.15) is 49.7 Å². The van der Waals surface area contributed by atoms with Crippen molar-refractivity contribution in [2.75, 3.05) is 0 Å². The van der Waals surface area contributed by atoms with Crippen LogP contribution in [0.3, 0.4) is 0 Å². The summed E-state index contributed by atoms with van der Waals surface area (Å²) in [5.41, 5.74) is 2.68. The fourth-order valence-corrected chi connectivity index (χ4v) is 3.18. The number of carboxylic acid groups (broad SMARTS) is 1. The molecule has 1 N–H and O–H groups in total. The molecular formula is C19H24O3. The maximum absolute atomic E-state index is 12.6. The van der Waals surface area contributed by atoms with Crippen molar-refractivity contribution in [1.29, 1.82) is 0 Å². The molecule has 1 fully saturated rings. The summed E-state index contributed by atoms with van der Waals surface area (Å²) < 4.78 is 0. The second-order valence-electron chi connectivity index (χ2n) is 6.36. The third kappa shape index (κ3) is 4.30. The van der Waals surface area contributed by atoms with E-state index in [0.717, 1.165) is 37.7 Å². The minimum Gasteiger partial charge on any atom is -0.481 e. The Hall–Kier alpha value is -1.90. The largest absolute Gasteiger partial charge is 0.481 e. The lowest BCUT2D eigenvalue weighted by atomic mass is 9.76. The Morgan fingerprint density at radius 3 is 2.27 bits per heavy atom. The SMILES string of the molecule is C=C(C(=O)C1CCC(CCC(=O)O)CC1)c1ccc(C)cc1. The zero-order valence-electron chi connectivity index (χ0n) is 13.2. The molecular weight excluding hydrogens is 276 g/mol. The number of carboxylic acids is 1. The van der Waals surface area contributed by atoms with Crippen LogP contribution in [0.15, 0.2) is 30.8 Å². The van der Waals surface area contributed by atoms with E-state index >= 15 is 0 Å². The highest BCUT2D eigenvalue weighted by molar-refractivity contribution is 6.21. The Balaban J connectivity index is 1.88. The van der Waals surface area contributed by atoms with Gasteiger partial charge in [-0.2, -0.15) is 0 Å². The van der Waals surface area contributed by atoms with E-state index in [4.69, 9.17) is 5.11 Å². The van der Waals surface area contributed by atoms with E-state index in [9.17, 15) is 9.59 Å². The number of carbonyl (C=O) groups is 2. The van der Waals surface area contributed by atoms with Crippen LogP contribution >= 0.6 is 0 Å². The lowest BCUT2D eigenvalue weighted by molar-refractivity contribution is -0.137. The number of carbonyl (C=O) groups excluding carboxylic acids is 1. The molecule has 22 heavy (non-hydrogen) atoms. The van der Waals surface area contributed by atoms with Gasteiger partial charge in [-0.25, -0.2) is 0 Å². The number of hydrogen-bond acceptors (Lipinski definition) is 2. The Morgan fingerprint density at radius 2 is 1.73 bits per heavy atom. The Bertz CT molecular complexity index is 549. The van der Waals surface area contributed by atoms with Crippen molar-refractivity contribution in [3.63, 3.8) is 0 Å². The summed E-state index contributed by atoms with van der Waals surface area (Å²) in [7, 11) is 0. The van der Waals surface area contributed by atoms with Gasteiger partial charge >= 0.3 is 5.97 Å². The van der Waals surface area contributed by atoms with Crippen molar-refractivity contribution in [2.45, 2.75) is 45.4 Å². The maximum atomic E-state index is 12.6. The minimum atomic E-state index is -0.731. The zero-order valence-corrected chi connectivity index (χ0v) is 13.2. The molecule has 0 atom stereocenters. The van der Waals surface area contributed by atoms with Crippen LogP contribution < -0.4 is 0 Å². The summed E-state index contributed by atoms with van der Waals surface area (Å²) in [6, 6.07) is 7.90. The molecule has 0 heterocycles. The highest BCUT2D eigenvalue weighted by atomic mass is 16.4. The van der Waals surface area contributed by atoms with Crippen molar-refractivity contribution in [2.24, 2.45) is 11.8 Å². The van der Waals surface area contributed by atoms with Gasteiger partial charge in [-0.15, -0.1) is 0 Å². The second kappa shape index (κ2) is 7.39. The Labute approximate surface area is 132 Å². The molecule has 1 aliphatic rings. The predicted molar refractivity (Wildman–Crippen MR) is 87.5 cm³/mol. The zero-order chi connectivity index (χ0) is 16.1. The van der Waals surface area contributed by atoms with E-state index in [-0.39, 0.29) is 18.1 Å². The number of allylic oxidation sites excluding steroid dienone is 1. The number of benzene rings is 1. The van der Waals surface area contributed by atoms with Gasteiger partial charge in [0.25, 0.3) is 0 Å². The summed E-state index contributed by atoms with van der Waals surface area (Å²) in [4.78, 5) is 23.2. The van der Waals surface area contributed by atoms with Crippen LogP contribution in [0.25, 0.3) is 5.57 Å². The Morgan fingerprint density at radius 1 is 1.14 bits per heavy atom. The van der Waals surface area contributed by atoms with Gasteiger partial charge in [-0.05, 0) is 50.5 Å². The molecule has 0 spiro atoms. The van der Waals surface area contributed by atoms with Crippen LogP contribution in [0.5, 0.6) is 0 Å². The Kier molecular flexibility index (Phi) is 5.53. The first-order valence-electron chi connectivity index (χ1n) is 7.99. The van der Waals surface area contributed by atoms with E-state index in [0.29, 0.717) is 11.5 Å². The first-order valence-corrected chi connectivity index (χ1v) is 7.99. The lowest BCUT2D eigenvalue weighted by Crippen LogP contribution is -2.23. The van der Waals surface area contributed by atoms with E-state index in [1.54, 1.807) is 0 Å². The van der Waals surface area contributed by atoms with Crippen LogP contribution in [0, 0.1) is 18.8 Å². The number of aliphatic carboxylic acids is 1. The van der Waals surface area contributed by atoms with E-state index in [2.05, 4.69) is 6.58 Å². The minimum absolute atomic E-state index is 0.0508. The fraction of sp³-hybridized carbons (Fsp3) is 0.474. The topological polar surface area (TPSA) is 54.4 Å². The molecule has 3 heteroatoms. The van der Waals surface area contributed by atoms with Crippen molar-refractivity contribution in [3.05, 3.63) is 42.0 Å².